The molecule has 150 valence electrons. The molecule has 0 aliphatic carbocycles. The Labute approximate surface area is 171 Å². The number of nitrogens with two attached hydrogens (primary N) is 1. The summed E-state index contributed by atoms with van der Waals surface area (Å²) in [4.78, 5) is 40.6. The monoisotopic (exact) mass is 400 g/mol. The Morgan fingerprint density at radius 1 is 0.967 bits per heavy atom. The highest BCUT2D eigenvalue weighted by atomic mass is 16.2. The van der Waals surface area contributed by atoms with Crippen LogP contribution >= 0.6 is 0 Å². The summed E-state index contributed by atoms with van der Waals surface area (Å²) >= 11 is 0. The van der Waals surface area contributed by atoms with Crippen molar-refractivity contribution in [2.24, 2.45) is 0 Å². The van der Waals surface area contributed by atoms with Crippen LogP contribution in [0.2, 0.25) is 0 Å². The summed E-state index contributed by atoms with van der Waals surface area (Å²) in [5.74, 6) is -0.298. The van der Waals surface area contributed by atoms with E-state index >= 15 is 0 Å². The second-order valence-electron chi connectivity index (χ2n) is 6.99. The number of anilines is 2. The fraction of sp³-hybridized carbons (Fsp3) is 0.0870. The average Bonchev–Trinajstić information content (AvgIpc) is 2.75. The highest BCUT2D eigenvalue weighted by Crippen LogP contribution is 2.20. The molecule has 0 fully saturated rings. The maximum atomic E-state index is 12.8. The third-order valence-corrected chi connectivity index (χ3v) is 5.09. The summed E-state index contributed by atoms with van der Waals surface area (Å²) in [6.45, 7) is 1.77. The van der Waals surface area contributed by atoms with Crippen molar-refractivity contribution < 1.29 is 4.79 Å². The zero-order valence-electron chi connectivity index (χ0n) is 16.3. The van der Waals surface area contributed by atoms with E-state index in [2.05, 4.69) is 10.3 Å². The molecule has 4 N–H and O–H groups in total. The van der Waals surface area contributed by atoms with Crippen molar-refractivity contribution in [2.75, 3.05) is 11.1 Å². The predicted molar refractivity (Wildman–Crippen MR) is 118 cm³/mol. The van der Waals surface area contributed by atoms with Gasteiger partial charge in [-0.1, -0.05) is 36.4 Å². The third-order valence-electron chi connectivity index (χ3n) is 5.09. The second kappa shape index (κ2) is 7.71. The molecular formula is C23H20N4O3. The molecule has 0 saturated heterocycles. The number of hydrogen-bond acceptors (Lipinski definition) is 4. The molecule has 3 aromatic carbocycles. The number of nitrogens with one attached hydrogen (secondary N) is 2. The van der Waals surface area contributed by atoms with Crippen molar-refractivity contribution in [1.82, 2.24) is 9.55 Å². The first-order chi connectivity index (χ1) is 14.5. The minimum atomic E-state index is -0.507. The summed E-state index contributed by atoms with van der Waals surface area (Å²) in [6, 6.07) is 20.2. The lowest BCUT2D eigenvalue weighted by atomic mass is 10.1. The van der Waals surface area contributed by atoms with E-state index < -0.39 is 11.7 Å². The van der Waals surface area contributed by atoms with E-state index in [1.807, 2.05) is 0 Å². The minimum Gasteiger partial charge on any atom is -0.397 e. The van der Waals surface area contributed by atoms with E-state index in [1.54, 1.807) is 79.7 Å². The predicted octanol–water partition coefficient (Wildman–Crippen LogP) is 3.13. The number of benzene rings is 3. The summed E-state index contributed by atoms with van der Waals surface area (Å²) in [6.07, 6.45) is 0. The number of fused-ring (bicyclic) bond motifs is 1. The molecule has 1 aromatic heterocycles. The van der Waals surface area contributed by atoms with Gasteiger partial charge in [-0.15, -0.1) is 0 Å². The molecule has 0 aliphatic heterocycles. The van der Waals surface area contributed by atoms with E-state index in [9.17, 15) is 14.4 Å². The van der Waals surface area contributed by atoms with E-state index in [0.29, 0.717) is 27.8 Å². The van der Waals surface area contributed by atoms with Crippen molar-refractivity contribution >= 4 is 28.2 Å². The molecule has 0 bridgehead atoms. The number of aromatic nitrogens is 2. The Morgan fingerprint density at radius 3 is 2.37 bits per heavy atom. The molecule has 1 unspecified atom stereocenters. The highest BCUT2D eigenvalue weighted by Gasteiger charge is 2.16. The maximum Gasteiger partial charge on any atom is 0.329 e. The quantitative estimate of drug-likeness (QED) is 0.457. The average molecular weight is 400 g/mol. The van der Waals surface area contributed by atoms with Gasteiger partial charge >= 0.3 is 5.69 Å². The first-order valence-corrected chi connectivity index (χ1v) is 9.45. The topological polar surface area (TPSA) is 110 Å². The molecule has 7 nitrogen and oxygen atoms in total. The molecule has 4 rings (SSSR count). The zero-order valence-corrected chi connectivity index (χ0v) is 16.3. The van der Waals surface area contributed by atoms with Crippen molar-refractivity contribution in [2.45, 2.75) is 13.0 Å². The molecule has 1 amide bonds. The van der Waals surface area contributed by atoms with Gasteiger partial charge in [-0.3, -0.25) is 14.2 Å². The molecule has 0 saturated carbocycles. The van der Waals surface area contributed by atoms with Crippen LogP contribution in [0.25, 0.3) is 10.9 Å². The van der Waals surface area contributed by atoms with Crippen LogP contribution in [0.1, 0.15) is 28.9 Å². The molecule has 4 aromatic rings. The fourth-order valence-corrected chi connectivity index (χ4v) is 3.40. The first kappa shape index (κ1) is 19.2. The number of H-pyrrole nitrogens is 1. The number of para-hydroxylation sites is 3. The standard InChI is InChI=1S/C23H20N4O3/c1-14(27-22(29)17-6-2-4-8-19(17)26-23(27)30)15-10-12-16(13-11-15)21(28)25-20-9-5-3-7-18(20)24/h2-14H,24H2,1H3,(H,25,28)(H,26,30). The van der Waals surface area contributed by atoms with Crippen molar-refractivity contribution in [3.63, 3.8) is 0 Å². The number of carbonyl (C=O) groups is 1. The number of nitrogens with zero attached hydrogens (tertiary/aromatic N) is 1. The maximum absolute atomic E-state index is 12.8. The minimum absolute atomic E-state index is 0.298. The van der Waals surface area contributed by atoms with E-state index in [1.165, 1.54) is 4.57 Å². The fourth-order valence-electron chi connectivity index (χ4n) is 3.40. The van der Waals surface area contributed by atoms with Crippen LogP contribution in [0.5, 0.6) is 0 Å². The van der Waals surface area contributed by atoms with Crippen molar-refractivity contribution in [3.8, 4) is 0 Å². The molecule has 1 atom stereocenters. The van der Waals surface area contributed by atoms with Crippen LogP contribution in [0.15, 0.2) is 82.4 Å². The summed E-state index contributed by atoms with van der Waals surface area (Å²) in [7, 11) is 0. The number of carbonyl (C=O) groups excluding carboxylic acids is 1. The van der Waals surface area contributed by atoms with Gasteiger partial charge in [0.1, 0.15) is 0 Å². The lowest BCUT2D eigenvalue weighted by Crippen LogP contribution is -2.37. The number of amides is 1. The number of rotatable bonds is 4. The number of hydrogen-bond donors (Lipinski definition) is 3. The second-order valence-corrected chi connectivity index (χ2v) is 6.99. The van der Waals surface area contributed by atoms with Crippen LogP contribution in [0.4, 0.5) is 11.4 Å². The molecule has 1 heterocycles. The highest BCUT2D eigenvalue weighted by molar-refractivity contribution is 6.05. The van der Waals surface area contributed by atoms with Gasteiger partial charge in [0.15, 0.2) is 0 Å². The van der Waals surface area contributed by atoms with Gasteiger partial charge in [0.25, 0.3) is 11.5 Å². The third kappa shape index (κ3) is 3.48. The van der Waals surface area contributed by atoms with Gasteiger partial charge in [0.05, 0.1) is 28.3 Å². The Kier molecular flexibility index (Phi) is 4.93. The van der Waals surface area contributed by atoms with E-state index in [4.69, 9.17) is 5.73 Å². The van der Waals surface area contributed by atoms with Gasteiger partial charge < -0.3 is 16.0 Å². The van der Waals surface area contributed by atoms with Gasteiger partial charge in [-0.25, -0.2) is 4.79 Å². The molecule has 0 radical (unpaired) electrons. The largest absolute Gasteiger partial charge is 0.397 e. The zero-order chi connectivity index (χ0) is 21.3. The Hall–Kier alpha value is -4.13. The van der Waals surface area contributed by atoms with Crippen LogP contribution in [-0.2, 0) is 0 Å². The summed E-state index contributed by atoms with van der Waals surface area (Å²) in [5.41, 5.74) is 7.71. The lowest BCUT2D eigenvalue weighted by molar-refractivity contribution is 0.102. The smallest absolute Gasteiger partial charge is 0.329 e. The van der Waals surface area contributed by atoms with Gasteiger partial charge in [0, 0.05) is 5.56 Å². The Morgan fingerprint density at radius 2 is 1.63 bits per heavy atom. The first-order valence-electron chi connectivity index (χ1n) is 9.45. The van der Waals surface area contributed by atoms with Crippen molar-refractivity contribution in [1.29, 1.82) is 0 Å². The number of aromatic amines is 1. The van der Waals surface area contributed by atoms with Crippen LogP contribution in [0, 0.1) is 0 Å². The van der Waals surface area contributed by atoms with Crippen LogP contribution in [0.3, 0.4) is 0 Å². The van der Waals surface area contributed by atoms with E-state index in [-0.39, 0.29) is 11.5 Å². The molecule has 0 spiro atoms. The van der Waals surface area contributed by atoms with Crippen molar-refractivity contribution in [3.05, 3.63) is 105 Å². The van der Waals surface area contributed by atoms with E-state index in [0.717, 1.165) is 5.56 Å². The summed E-state index contributed by atoms with van der Waals surface area (Å²) < 4.78 is 1.18. The van der Waals surface area contributed by atoms with Crippen LogP contribution < -0.4 is 22.3 Å². The summed E-state index contributed by atoms with van der Waals surface area (Å²) in [5, 5.41) is 3.22. The molecule has 7 heteroatoms. The van der Waals surface area contributed by atoms with Gasteiger partial charge in [-0.05, 0) is 48.9 Å². The Balaban J connectivity index is 1.62. The Bertz CT molecular complexity index is 1350. The lowest BCUT2D eigenvalue weighted by Gasteiger charge is -2.16. The SMILES string of the molecule is CC(c1ccc(C(=O)Nc2ccccc2N)cc1)n1c(=O)[nH]c2ccccc2c1=O. The van der Waals surface area contributed by atoms with Gasteiger partial charge in [-0.2, -0.15) is 0 Å². The normalized spacial score (nSPS) is 11.9. The van der Waals surface area contributed by atoms with Crippen LogP contribution in [-0.4, -0.2) is 15.5 Å². The number of nitrogen functional groups attached to an aromatic ring is 1. The molecule has 30 heavy (non-hydrogen) atoms. The molecule has 0 aliphatic rings. The molecular weight excluding hydrogens is 380 g/mol. The van der Waals surface area contributed by atoms with Gasteiger partial charge in [0.2, 0.25) is 0 Å².